The van der Waals surface area contributed by atoms with Gasteiger partial charge in [0.25, 0.3) is 0 Å². The SMILES string of the molecule is C=CCC1(O)CCCc2occc21. The van der Waals surface area contributed by atoms with Crippen molar-refractivity contribution in [3.8, 4) is 0 Å². The van der Waals surface area contributed by atoms with Crippen LogP contribution in [0, 0.1) is 0 Å². The van der Waals surface area contributed by atoms with Gasteiger partial charge in [0.15, 0.2) is 0 Å². The second-order valence-electron chi connectivity index (χ2n) is 3.64. The summed E-state index contributed by atoms with van der Waals surface area (Å²) in [6.45, 7) is 3.67. The number of aliphatic hydroxyl groups is 1. The smallest absolute Gasteiger partial charge is 0.109 e. The maximum absolute atomic E-state index is 10.3. The Bertz CT molecular complexity index is 314. The third-order valence-corrected chi connectivity index (χ3v) is 2.72. The molecule has 0 spiro atoms. The predicted molar refractivity (Wildman–Crippen MR) is 50.4 cm³/mol. The van der Waals surface area contributed by atoms with Crippen LogP contribution in [0.3, 0.4) is 0 Å². The van der Waals surface area contributed by atoms with E-state index in [-0.39, 0.29) is 0 Å². The number of hydrogen-bond donors (Lipinski definition) is 1. The van der Waals surface area contributed by atoms with E-state index in [1.807, 2.05) is 6.07 Å². The Morgan fingerprint density at radius 3 is 3.31 bits per heavy atom. The first kappa shape index (κ1) is 8.57. The molecule has 0 saturated heterocycles. The molecule has 13 heavy (non-hydrogen) atoms. The van der Waals surface area contributed by atoms with Crippen molar-refractivity contribution in [3.63, 3.8) is 0 Å². The van der Waals surface area contributed by atoms with Crippen LogP contribution in [-0.4, -0.2) is 5.11 Å². The van der Waals surface area contributed by atoms with E-state index in [4.69, 9.17) is 4.42 Å². The fraction of sp³-hybridized carbons (Fsp3) is 0.455. The van der Waals surface area contributed by atoms with Crippen LogP contribution in [0.5, 0.6) is 0 Å². The van der Waals surface area contributed by atoms with Gasteiger partial charge in [-0.2, -0.15) is 0 Å². The Morgan fingerprint density at radius 2 is 2.54 bits per heavy atom. The standard InChI is InChI=1S/C11H14O2/c1-2-6-11(12)7-3-4-10-9(11)5-8-13-10/h2,5,8,12H,1,3-4,6-7H2. The van der Waals surface area contributed by atoms with Crippen LogP contribution in [0.2, 0.25) is 0 Å². The molecule has 2 heteroatoms. The van der Waals surface area contributed by atoms with Crippen molar-refractivity contribution in [2.24, 2.45) is 0 Å². The first-order valence-electron chi connectivity index (χ1n) is 4.66. The first-order chi connectivity index (χ1) is 6.26. The Morgan fingerprint density at radius 1 is 1.69 bits per heavy atom. The quantitative estimate of drug-likeness (QED) is 0.705. The van der Waals surface area contributed by atoms with Crippen molar-refractivity contribution >= 4 is 0 Å². The van der Waals surface area contributed by atoms with E-state index in [1.165, 1.54) is 0 Å². The molecular formula is C11H14O2. The second kappa shape index (κ2) is 3.04. The highest BCUT2D eigenvalue weighted by Crippen LogP contribution is 2.38. The van der Waals surface area contributed by atoms with E-state index < -0.39 is 5.60 Å². The number of aryl methyl sites for hydroxylation is 1. The minimum atomic E-state index is -0.720. The summed E-state index contributed by atoms with van der Waals surface area (Å²) in [5.41, 5.74) is 0.237. The predicted octanol–water partition coefficient (Wildman–Crippen LogP) is 2.38. The Labute approximate surface area is 77.9 Å². The highest BCUT2D eigenvalue weighted by Gasteiger charge is 2.34. The summed E-state index contributed by atoms with van der Waals surface area (Å²) >= 11 is 0. The lowest BCUT2D eigenvalue weighted by atomic mass is 9.81. The van der Waals surface area contributed by atoms with Crippen molar-refractivity contribution < 1.29 is 9.52 Å². The van der Waals surface area contributed by atoms with Crippen LogP contribution in [0.15, 0.2) is 29.4 Å². The molecule has 0 amide bonds. The van der Waals surface area contributed by atoms with Crippen LogP contribution < -0.4 is 0 Å². The van der Waals surface area contributed by atoms with Crippen molar-refractivity contribution in [1.29, 1.82) is 0 Å². The molecule has 1 heterocycles. The van der Waals surface area contributed by atoms with Gasteiger partial charge in [-0.3, -0.25) is 0 Å². The second-order valence-corrected chi connectivity index (χ2v) is 3.64. The molecule has 1 aromatic rings. The molecule has 0 fully saturated rings. The highest BCUT2D eigenvalue weighted by molar-refractivity contribution is 5.28. The first-order valence-corrected chi connectivity index (χ1v) is 4.66. The van der Waals surface area contributed by atoms with Gasteiger partial charge >= 0.3 is 0 Å². The van der Waals surface area contributed by atoms with Gasteiger partial charge in [-0.05, 0) is 25.3 Å². The largest absolute Gasteiger partial charge is 0.469 e. The summed E-state index contributed by atoms with van der Waals surface area (Å²) < 4.78 is 5.30. The summed E-state index contributed by atoms with van der Waals surface area (Å²) in [7, 11) is 0. The topological polar surface area (TPSA) is 33.4 Å². The number of hydrogen-bond acceptors (Lipinski definition) is 2. The lowest BCUT2D eigenvalue weighted by molar-refractivity contribution is 0.0196. The molecule has 1 aromatic heterocycles. The van der Waals surface area contributed by atoms with Gasteiger partial charge in [0.05, 0.1) is 11.9 Å². The summed E-state index contributed by atoms with van der Waals surface area (Å²) in [6.07, 6.45) is 6.78. The van der Waals surface area contributed by atoms with Crippen LogP contribution in [-0.2, 0) is 12.0 Å². The van der Waals surface area contributed by atoms with E-state index in [2.05, 4.69) is 6.58 Å². The molecule has 0 aliphatic heterocycles. The van der Waals surface area contributed by atoms with Gasteiger partial charge in [0.2, 0.25) is 0 Å². The zero-order valence-corrected chi connectivity index (χ0v) is 7.62. The minimum Gasteiger partial charge on any atom is -0.469 e. The van der Waals surface area contributed by atoms with E-state index in [1.54, 1.807) is 12.3 Å². The van der Waals surface area contributed by atoms with E-state index in [0.29, 0.717) is 6.42 Å². The van der Waals surface area contributed by atoms with E-state index >= 15 is 0 Å². The lowest BCUT2D eigenvalue weighted by Crippen LogP contribution is -2.28. The fourth-order valence-corrected chi connectivity index (χ4v) is 2.08. The van der Waals surface area contributed by atoms with Gasteiger partial charge in [-0.1, -0.05) is 6.08 Å². The summed E-state index contributed by atoms with van der Waals surface area (Å²) in [6, 6.07) is 1.87. The molecule has 0 radical (unpaired) electrons. The average Bonchev–Trinajstić information content (AvgIpc) is 2.54. The third-order valence-electron chi connectivity index (χ3n) is 2.72. The van der Waals surface area contributed by atoms with Crippen molar-refractivity contribution in [2.45, 2.75) is 31.3 Å². The van der Waals surface area contributed by atoms with Gasteiger partial charge in [-0.15, -0.1) is 6.58 Å². The number of furan rings is 1. The molecule has 1 N–H and O–H groups in total. The van der Waals surface area contributed by atoms with Crippen molar-refractivity contribution in [2.75, 3.05) is 0 Å². The normalized spacial score (nSPS) is 26.8. The van der Waals surface area contributed by atoms with Gasteiger partial charge in [-0.25, -0.2) is 0 Å². The monoisotopic (exact) mass is 178 g/mol. The molecule has 1 unspecified atom stereocenters. The molecule has 0 bridgehead atoms. The molecular weight excluding hydrogens is 164 g/mol. The summed E-state index contributed by atoms with van der Waals surface area (Å²) in [4.78, 5) is 0. The zero-order chi connectivity index (χ0) is 9.31. The van der Waals surface area contributed by atoms with Crippen LogP contribution in [0.1, 0.15) is 30.6 Å². The lowest BCUT2D eigenvalue weighted by Gasteiger charge is -2.30. The Kier molecular flexibility index (Phi) is 2.00. The van der Waals surface area contributed by atoms with Gasteiger partial charge in [0.1, 0.15) is 5.76 Å². The molecule has 2 nitrogen and oxygen atoms in total. The molecule has 0 aromatic carbocycles. The van der Waals surface area contributed by atoms with Crippen molar-refractivity contribution in [3.05, 3.63) is 36.3 Å². The number of rotatable bonds is 2. The van der Waals surface area contributed by atoms with Crippen LogP contribution >= 0.6 is 0 Å². The molecule has 70 valence electrons. The average molecular weight is 178 g/mol. The van der Waals surface area contributed by atoms with Crippen LogP contribution in [0.4, 0.5) is 0 Å². The summed E-state index contributed by atoms with van der Waals surface area (Å²) in [5.74, 6) is 0.940. The molecule has 0 saturated carbocycles. The molecule has 2 rings (SSSR count). The summed E-state index contributed by atoms with van der Waals surface area (Å²) in [5, 5.41) is 10.3. The fourth-order valence-electron chi connectivity index (χ4n) is 2.08. The van der Waals surface area contributed by atoms with Gasteiger partial charge in [0, 0.05) is 12.0 Å². The number of fused-ring (bicyclic) bond motifs is 1. The third kappa shape index (κ3) is 1.31. The Hall–Kier alpha value is -1.02. The van der Waals surface area contributed by atoms with Crippen LogP contribution in [0.25, 0.3) is 0 Å². The molecule has 1 aliphatic carbocycles. The maximum atomic E-state index is 10.3. The van der Waals surface area contributed by atoms with Crippen molar-refractivity contribution in [1.82, 2.24) is 0 Å². The zero-order valence-electron chi connectivity index (χ0n) is 7.62. The molecule has 1 aliphatic rings. The van der Waals surface area contributed by atoms with E-state index in [0.717, 1.165) is 30.6 Å². The maximum Gasteiger partial charge on any atom is 0.109 e. The van der Waals surface area contributed by atoms with Gasteiger partial charge < -0.3 is 9.52 Å². The Balaban J connectivity index is 2.38. The molecule has 1 atom stereocenters. The minimum absolute atomic E-state index is 0.611. The highest BCUT2D eigenvalue weighted by atomic mass is 16.3. The van der Waals surface area contributed by atoms with E-state index in [9.17, 15) is 5.11 Å².